The van der Waals surface area contributed by atoms with Gasteiger partial charge in [-0.15, -0.1) is 0 Å². The molecule has 8 heteroatoms. The van der Waals surface area contributed by atoms with E-state index >= 15 is 0 Å². The summed E-state index contributed by atoms with van der Waals surface area (Å²) < 4.78 is 1.94. The first-order valence-electron chi connectivity index (χ1n) is 8.33. The summed E-state index contributed by atoms with van der Waals surface area (Å²) in [4.78, 5) is 16.9. The molecule has 0 radical (unpaired) electrons. The van der Waals surface area contributed by atoms with Gasteiger partial charge < -0.3 is 9.88 Å². The van der Waals surface area contributed by atoms with Crippen molar-refractivity contribution in [3.8, 4) is 6.07 Å². The van der Waals surface area contributed by atoms with Crippen molar-refractivity contribution in [2.45, 2.75) is 17.0 Å². The molecule has 2 aromatic carbocycles. The molecule has 0 saturated carbocycles. The molecule has 1 amide bonds. The van der Waals surface area contributed by atoms with Crippen molar-refractivity contribution in [3.05, 3.63) is 81.6 Å². The van der Waals surface area contributed by atoms with Gasteiger partial charge in [0.2, 0.25) is 0 Å². The normalized spacial score (nSPS) is 11.6. The molecule has 0 fully saturated rings. The monoisotopic (exact) mass is 430 g/mol. The summed E-state index contributed by atoms with van der Waals surface area (Å²) in [6.07, 6.45) is 3.63. The fraction of sp³-hybridized carbons (Fsp3) is 0.150. The van der Waals surface area contributed by atoms with E-state index in [1.165, 1.54) is 0 Å². The predicted octanol–water partition coefficient (Wildman–Crippen LogP) is 5.01. The first-order chi connectivity index (χ1) is 13.5. The number of nitriles is 1. The molecule has 0 bridgehead atoms. The number of aryl methyl sites for hydroxylation is 1. The number of rotatable bonds is 6. The maximum absolute atomic E-state index is 12.7. The Hall–Kier alpha value is -2.46. The number of nitrogens with zero attached hydrogens (tertiary/aromatic N) is 3. The first kappa shape index (κ1) is 20.3. The van der Waals surface area contributed by atoms with Gasteiger partial charge in [0.05, 0.1) is 16.1 Å². The average Bonchev–Trinajstić information content (AvgIpc) is 3.12. The Morgan fingerprint density at radius 1 is 1.32 bits per heavy atom. The molecule has 0 aliphatic heterocycles. The molecule has 1 N–H and O–H groups in total. The Morgan fingerprint density at radius 2 is 2.11 bits per heavy atom. The van der Waals surface area contributed by atoms with E-state index < -0.39 is 6.04 Å². The second kappa shape index (κ2) is 9.16. The van der Waals surface area contributed by atoms with Crippen molar-refractivity contribution in [1.82, 2.24) is 14.9 Å². The van der Waals surface area contributed by atoms with Gasteiger partial charge in [-0.1, -0.05) is 59.2 Å². The zero-order chi connectivity index (χ0) is 20.1. The van der Waals surface area contributed by atoms with E-state index in [1.807, 2.05) is 29.9 Å². The largest absolute Gasteiger partial charge is 0.332 e. The highest BCUT2D eigenvalue weighted by atomic mass is 35.5. The topological polar surface area (TPSA) is 70.7 Å². The van der Waals surface area contributed by atoms with Crippen LogP contribution in [0.5, 0.6) is 0 Å². The number of thioether (sulfide) groups is 1. The van der Waals surface area contributed by atoms with Crippen molar-refractivity contribution in [2.24, 2.45) is 7.05 Å². The number of nitrogens with one attached hydrogen (secondary N) is 1. The minimum Gasteiger partial charge on any atom is -0.332 e. The van der Waals surface area contributed by atoms with Crippen molar-refractivity contribution < 1.29 is 4.79 Å². The summed E-state index contributed by atoms with van der Waals surface area (Å²) in [7, 11) is 1.93. The Morgan fingerprint density at radius 3 is 2.82 bits per heavy atom. The van der Waals surface area contributed by atoms with Crippen LogP contribution in [0.4, 0.5) is 0 Å². The van der Waals surface area contributed by atoms with Gasteiger partial charge in [-0.2, -0.15) is 5.26 Å². The number of carbonyl (C=O) groups excluding carboxylic acids is 1. The number of imidazole rings is 1. The number of amides is 1. The molecule has 0 saturated heterocycles. The zero-order valence-corrected chi connectivity index (χ0v) is 17.2. The van der Waals surface area contributed by atoms with Crippen molar-refractivity contribution >= 4 is 40.9 Å². The second-order valence-electron chi connectivity index (χ2n) is 5.99. The fourth-order valence-corrected chi connectivity index (χ4v) is 3.87. The van der Waals surface area contributed by atoms with E-state index in [0.29, 0.717) is 21.9 Å². The van der Waals surface area contributed by atoms with Crippen molar-refractivity contribution in [2.75, 3.05) is 0 Å². The molecule has 0 aliphatic carbocycles. The molecule has 28 heavy (non-hydrogen) atoms. The van der Waals surface area contributed by atoms with Gasteiger partial charge in [-0.3, -0.25) is 4.79 Å². The van der Waals surface area contributed by atoms with Gasteiger partial charge in [-0.05, 0) is 23.8 Å². The molecule has 1 heterocycles. The molecule has 1 aromatic heterocycles. The Balaban J connectivity index is 1.72. The number of hydrogen-bond acceptors (Lipinski definition) is 4. The van der Waals surface area contributed by atoms with E-state index in [4.69, 9.17) is 23.2 Å². The summed E-state index contributed by atoms with van der Waals surface area (Å²) in [6, 6.07) is 13.4. The van der Waals surface area contributed by atoms with E-state index in [-0.39, 0.29) is 10.9 Å². The highest BCUT2D eigenvalue weighted by Gasteiger charge is 2.19. The molecule has 0 spiro atoms. The van der Waals surface area contributed by atoms with Crippen LogP contribution in [0.1, 0.15) is 27.5 Å². The molecule has 3 aromatic rings. The van der Waals surface area contributed by atoms with Gasteiger partial charge in [0.15, 0.2) is 5.16 Å². The Bertz CT molecular complexity index is 1040. The third-order valence-electron chi connectivity index (χ3n) is 4.03. The lowest BCUT2D eigenvalue weighted by atomic mass is 10.1. The molecular weight excluding hydrogens is 415 g/mol. The van der Waals surface area contributed by atoms with Crippen LogP contribution in [0, 0.1) is 11.3 Å². The van der Waals surface area contributed by atoms with Gasteiger partial charge >= 0.3 is 0 Å². The summed E-state index contributed by atoms with van der Waals surface area (Å²) in [5.41, 5.74) is 1.91. The zero-order valence-electron chi connectivity index (χ0n) is 14.9. The molecule has 3 rings (SSSR count). The molecule has 0 aliphatic rings. The highest BCUT2D eigenvalue weighted by Crippen LogP contribution is 2.30. The number of benzene rings is 2. The second-order valence-corrected chi connectivity index (χ2v) is 7.72. The number of aromatic nitrogens is 2. The minimum atomic E-state index is -0.899. The first-order valence-corrected chi connectivity index (χ1v) is 10.1. The summed E-state index contributed by atoms with van der Waals surface area (Å²) in [5.74, 6) is 0.319. The number of hydrogen-bond donors (Lipinski definition) is 1. The van der Waals surface area contributed by atoms with Crippen molar-refractivity contribution in [1.29, 1.82) is 5.26 Å². The third kappa shape index (κ3) is 4.68. The van der Waals surface area contributed by atoms with Crippen LogP contribution in [-0.4, -0.2) is 15.5 Å². The van der Waals surface area contributed by atoms with Crippen LogP contribution in [0.15, 0.2) is 60.0 Å². The summed E-state index contributed by atoms with van der Waals surface area (Å²) in [5, 5.41) is 13.7. The predicted molar refractivity (Wildman–Crippen MR) is 111 cm³/mol. The Kier molecular flexibility index (Phi) is 6.63. The van der Waals surface area contributed by atoms with Crippen LogP contribution in [0.2, 0.25) is 10.0 Å². The van der Waals surface area contributed by atoms with E-state index in [1.54, 1.807) is 48.3 Å². The van der Waals surface area contributed by atoms with Gasteiger partial charge in [0.1, 0.15) is 6.04 Å². The minimum absolute atomic E-state index is 0.260. The lowest BCUT2D eigenvalue weighted by Gasteiger charge is -2.14. The third-order valence-corrected chi connectivity index (χ3v) is 5.99. The van der Waals surface area contributed by atoms with Crippen LogP contribution in [0.3, 0.4) is 0 Å². The van der Waals surface area contributed by atoms with Crippen LogP contribution in [-0.2, 0) is 12.8 Å². The lowest BCUT2D eigenvalue weighted by Crippen LogP contribution is -2.27. The van der Waals surface area contributed by atoms with Gasteiger partial charge in [0.25, 0.3) is 5.91 Å². The van der Waals surface area contributed by atoms with Crippen LogP contribution < -0.4 is 5.32 Å². The summed E-state index contributed by atoms with van der Waals surface area (Å²) >= 11 is 13.8. The molecule has 1 atom stereocenters. The number of halogens is 2. The maximum atomic E-state index is 12.7. The molecule has 5 nitrogen and oxygen atoms in total. The van der Waals surface area contributed by atoms with E-state index in [2.05, 4.69) is 16.4 Å². The standard InChI is InChI=1S/C20H16Cl2N4OS/c1-26-9-8-24-20(26)28-12-13-4-2-5-14(10-13)19(27)25-17(11-23)15-6-3-7-16(21)18(15)22/h2-10,17H,12H2,1H3,(H,25,27). The fourth-order valence-electron chi connectivity index (χ4n) is 2.58. The van der Waals surface area contributed by atoms with Gasteiger partial charge in [-0.25, -0.2) is 4.98 Å². The van der Waals surface area contributed by atoms with Crippen LogP contribution >= 0.6 is 35.0 Å². The van der Waals surface area contributed by atoms with E-state index in [9.17, 15) is 10.1 Å². The number of carbonyl (C=O) groups is 1. The van der Waals surface area contributed by atoms with Crippen molar-refractivity contribution in [3.63, 3.8) is 0 Å². The van der Waals surface area contributed by atoms with E-state index in [0.717, 1.165) is 10.7 Å². The molecule has 142 valence electrons. The SMILES string of the molecule is Cn1ccnc1SCc1cccc(C(=O)NC(C#N)c2cccc(Cl)c2Cl)c1. The Labute approximate surface area is 177 Å². The molecular formula is C20H16Cl2N4OS. The lowest BCUT2D eigenvalue weighted by molar-refractivity contribution is 0.0945. The molecule has 1 unspecified atom stereocenters. The maximum Gasteiger partial charge on any atom is 0.252 e. The average molecular weight is 431 g/mol. The smallest absolute Gasteiger partial charge is 0.252 e. The summed E-state index contributed by atoms with van der Waals surface area (Å²) in [6.45, 7) is 0. The quantitative estimate of drug-likeness (QED) is 0.557. The van der Waals surface area contributed by atoms with Gasteiger partial charge in [0, 0.05) is 36.3 Å². The highest BCUT2D eigenvalue weighted by molar-refractivity contribution is 7.98. The van der Waals surface area contributed by atoms with Crippen LogP contribution in [0.25, 0.3) is 0 Å².